The van der Waals surface area contributed by atoms with Crippen molar-refractivity contribution in [2.45, 2.75) is 174 Å². The van der Waals surface area contributed by atoms with E-state index in [1.807, 2.05) is 6.92 Å². The molecule has 0 unspecified atom stereocenters. The Morgan fingerprint density at radius 1 is 0.522 bits per heavy atom. The minimum atomic E-state index is -0.994. The molecule has 0 aromatic rings. The summed E-state index contributed by atoms with van der Waals surface area (Å²) < 4.78 is 10.3. The van der Waals surface area contributed by atoms with Crippen LogP contribution < -0.4 is 0 Å². The molecule has 0 aromatic carbocycles. The molecular formula is C40H70O6. The monoisotopic (exact) mass is 647 g/mol. The molecule has 46 heavy (non-hydrogen) atoms. The Morgan fingerprint density at radius 2 is 0.935 bits per heavy atom. The molecule has 0 spiro atoms. The average molecular weight is 647 g/mol. The summed E-state index contributed by atoms with van der Waals surface area (Å²) in [4.78, 5) is 23.9. The second-order valence-electron chi connectivity index (χ2n) is 13.0. The van der Waals surface area contributed by atoms with Crippen LogP contribution in [0.1, 0.15) is 162 Å². The number of rotatable bonds is 32. The minimum Gasteiger partial charge on any atom is -0.463 e. The largest absolute Gasteiger partial charge is 0.463 e. The molecule has 0 fully saturated rings. The molecule has 0 aliphatic carbocycles. The molecule has 2 atom stereocenters. The number of carbonyl (C=O) groups is 2. The van der Waals surface area contributed by atoms with Crippen molar-refractivity contribution in [1.82, 2.24) is 0 Å². The maximum Gasteiger partial charge on any atom is 0.305 e. The second kappa shape index (κ2) is 34.2. The van der Waals surface area contributed by atoms with Crippen molar-refractivity contribution < 1.29 is 29.3 Å². The van der Waals surface area contributed by atoms with Crippen LogP contribution in [0.15, 0.2) is 48.6 Å². The third-order valence-corrected chi connectivity index (χ3v) is 7.91. The Labute approximate surface area is 282 Å². The topological polar surface area (TPSA) is 93.1 Å². The lowest BCUT2D eigenvalue weighted by Crippen LogP contribution is -2.25. The van der Waals surface area contributed by atoms with E-state index in [1.165, 1.54) is 57.8 Å². The first-order valence-electron chi connectivity index (χ1n) is 18.6. The fourth-order valence-corrected chi connectivity index (χ4v) is 4.89. The first kappa shape index (κ1) is 43.8. The first-order valence-corrected chi connectivity index (χ1v) is 18.6. The molecule has 0 saturated carbocycles. The van der Waals surface area contributed by atoms with Crippen molar-refractivity contribution in [1.29, 1.82) is 0 Å². The van der Waals surface area contributed by atoms with Gasteiger partial charge in [0, 0.05) is 12.8 Å². The molecule has 6 nitrogen and oxygen atoms in total. The van der Waals surface area contributed by atoms with E-state index in [1.54, 1.807) is 0 Å². The number of hydrogen-bond acceptors (Lipinski definition) is 6. The number of aliphatic hydroxyl groups excluding tert-OH is 2. The lowest BCUT2D eigenvalue weighted by atomic mass is 10.0. The van der Waals surface area contributed by atoms with Crippen LogP contribution in [0.2, 0.25) is 0 Å². The summed E-state index contributed by atoms with van der Waals surface area (Å²) in [7, 11) is 0. The van der Waals surface area contributed by atoms with Gasteiger partial charge in [0.25, 0.3) is 0 Å². The van der Waals surface area contributed by atoms with Gasteiger partial charge in [-0.1, -0.05) is 140 Å². The normalized spacial score (nSPS) is 13.5. The van der Waals surface area contributed by atoms with E-state index in [4.69, 9.17) is 9.47 Å². The fourth-order valence-electron chi connectivity index (χ4n) is 4.89. The lowest BCUT2D eigenvalue weighted by molar-refractivity contribution is -0.152. The van der Waals surface area contributed by atoms with Gasteiger partial charge in [-0.3, -0.25) is 9.59 Å². The Hall–Kier alpha value is -2.18. The van der Waals surface area contributed by atoms with Gasteiger partial charge in [0.1, 0.15) is 19.3 Å². The molecular weight excluding hydrogens is 576 g/mol. The van der Waals surface area contributed by atoms with E-state index in [-0.39, 0.29) is 31.3 Å². The number of aliphatic hydroxyl groups is 2. The van der Waals surface area contributed by atoms with Gasteiger partial charge in [-0.15, -0.1) is 0 Å². The van der Waals surface area contributed by atoms with Crippen LogP contribution in [0.4, 0.5) is 0 Å². The van der Waals surface area contributed by atoms with E-state index in [0.29, 0.717) is 19.3 Å². The summed E-state index contributed by atoms with van der Waals surface area (Å²) in [5.74, 6) is 0.181. The summed E-state index contributed by atoms with van der Waals surface area (Å²) >= 11 is 0. The Balaban J connectivity index is 3.57. The zero-order valence-corrected chi connectivity index (χ0v) is 29.8. The van der Waals surface area contributed by atoms with Crippen LogP contribution in [0.5, 0.6) is 0 Å². The Kier molecular flexibility index (Phi) is 32.5. The van der Waals surface area contributed by atoms with Crippen LogP contribution in [-0.2, 0) is 19.1 Å². The maximum absolute atomic E-state index is 11.9. The molecule has 6 heteroatoms. The van der Waals surface area contributed by atoms with Crippen LogP contribution in [0.3, 0.4) is 0 Å². The standard InChI is InChI=1S/C40H70O6/c1-4-37(41)31-27-23-19-15-11-7-5-6-8-12-16-20-24-28-32-39(43)45-34-38(42)35-46-40(44)33-29-25-21-17-13-9-10-14-18-22-26-30-36(2)3/h6-8,11,16,19-20,23,36-38,41-42H,4-5,9-10,12-15,17-18,21-22,24-35H2,1-3H3/b8-6-,11-7-,20-16-,23-19-/t37-,38+/m0/s1. The van der Waals surface area contributed by atoms with Crippen molar-refractivity contribution in [2.24, 2.45) is 5.92 Å². The first-order chi connectivity index (χ1) is 22.3. The highest BCUT2D eigenvalue weighted by Gasteiger charge is 2.12. The number of hydrogen-bond donors (Lipinski definition) is 2. The Bertz CT molecular complexity index is 813. The van der Waals surface area contributed by atoms with Gasteiger partial charge in [0.15, 0.2) is 0 Å². The number of allylic oxidation sites excluding steroid dienone is 8. The van der Waals surface area contributed by atoms with Gasteiger partial charge in [0.2, 0.25) is 0 Å². The van der Waals surface area contributed by atoms with Gasteiger partial charge in [-0.25, -0.2) is 0 Å². The zero-order valence-electron chi connectivity index (χ0n) is 29.8. The highest BCUT2D eigenvalue weighted by molar-refractivity contribution is 5.69. The minimum absolute atomic E-state index is 0.141. The van der Waals surface area contributed by atoms with E-state index in [2.05, 4.69) is 62.5 Å². The summed E-state index contributed by atoms with van der Waals surface area (Å²) in [6.45, 7) is 6.30. The molecule has 0 aromatic heterocycles. The van der Waals surface area contributed by atoms with Gasteiger partial charge in [0.05, 0.1) is 6.10 Å². The highest BCUT2D eigenvalue weighted by Crippen LogP contribution is 2.14. The van der Waals surface area contributed by atoms with Crippen LogP contribution in [-0.4, -0.2) is 47.6 Å². The Morgan fingerprint density at radius 3 is 1.41 bits per heavy atom. The summed E-state index contributed by atoms with van der Waals surface area (Å²) in [6, 6.07) is 0. The molecule has 0 radical (unpaired) electrons. The maximum atomic E-state index is 11.9. The second-order valence-corrected chi connectivity index (χ2v) is 13.0. The van der Waals surface area contributed by atoms with Crippen molar-refractivity contribution >= 4 is 11.9 Å². The number of esters is 2. The van der Waals surface area contributed by atoms with Gasteiger partial charge in [-0.05, 0) is 63.7 Å². The SMILES string of the molecule is CC[C@H](O)CC/C=C\C/C=C\C/C=C\C/C=C\CCCC(=O)OC[C@@H](O)COC(=O)CCCCCCCCCCCCCC(C)C. The predicted octanol–water partition coefficient (Wildman–Crippen LogP) is 10.3. The third-order valence-electron chi connectivity index (χ3n) is 7.91. The molecule has 0 saturated heterocycles. The van der Waals surface area contributed by atoms with E-state index in [9.17, 15) is 19.8 Å². The number of unbranched alkanes of at least 4 members (excludes halogenated alkanes) is 11. The van der Waals surface area contributed by atoms with Gasteiger partial charge < -0.3 is 19.7 Å². The van der Waals surface area contributed by atoms with E-state index < -0.39 is 6.10 Å². The molecule has 0 bridgehead atoms. The van der Waals surface area contributed by atoms with Crippen LogP contribution >= 0.6 is 0 Å². The predicted molar refractivity (Wildman–Crippen MR) is 193 cm³/mol. The van der Waals surface area contributed by atoms with Crippen LogP contribution in [0, 0.1) is 5.92 Å². The van der Waals surface area contributed by atoms with Crippen molar-refractivity contribution in [2.75, 3.05) is 13.2 Å². The lowest BCUT2D eigenvalue weighted by Gasteiger charge is -2.12. The molecule has 0 heterocycles. The fraction of sp³-hybridized carbons (Fsp3) is 0.750. The molecule has 0 aliphatic heterocycles. The van der Waals surface area contributed by atoms with Crippen molar-refractivity contribution in [3.8, 4) is 0 Å². The summed E-state index contributed by atoms with van der Waals surface area (Å²) in [5.41, 5.74) is 0. The highest BCUT2D eigenvalue weighted by atomic mass is 16.6. The van der Waals surface area contributed by atoms with Crippen molar-refractivity contribution in [3.63, 3.8) is 0 Å². The molecule has 266 valence electrons. The van der Waals surface area contributed by atoms with E-state index in [0.717, 1.165) is 70.1 Å². The summed E-state index contributed by atoms with van der Waals surface area (Å²) in [6.07, 6.45) is 38.2. The van der Waals surface area contributed by atoms with E-state index >= 15 is 0 Å². The third kappa shape index (κ3) is 34.7. The summed E-state index contributed by atoms with van der Waals surface area (Å²) in [5, 5.41) is 19.5. The molecule has 2 N–H and O–H groups in total. The van der Waals surface area contributed by atoms with Gasteiger partial charge in [-0.2, -0.15) is 0 Å². The number of carbonyl (C=O) groups excluding carboxylic acids is 2. The quantitative estimate of drug-likeness (QED) is 0.0429. The average Bonchev–Trinajstić information content (AvgIpc) is 3.04. The molecule has 0 aliphatic rings. The molecule has 0 rings (SSSR count). The smallest absolute Gasteiger partial charge is 0.305 e. The van der Waals surface area contributed by atoms with Crippen LogP contribution in [0.25, 0.3) is 0 Å². The number of ether oxygens (including phenoxy) is 2. The van der Waals surface area contributed by atoms with Crippen molar-refractivity contribution in [3.05, 3.63) is 48.6 Å². The van der Waals surface area contributed by atoms with Gasteiger partial charge >= 0.3 is 11.9 Å². The molecule has 0 amide bonds. The zero-order chi connectivity index (χ0) is 33.9.